The molecule has 2 N–H and O–H groups in total. The van der Waals surface area contributed by atoms with E-state index in [9.17, 15) is 4.79 Å². The molecule has 1 aliphatic carbocycles. The highest BCUT2D eigenvalue weighted by molar-refractivity contribution is 6.67. The van der Waals surface area contributed by atoms with Crippen molar-refractivity contribution in [2.24, 2.45) is 5.73 Å². The fourth-order valence-corrected chi connectivity index (χ4v) is 1.90. The third kappa shape index (κ3) is 1.33. The van der Waals surface area contributed by atoms with Crippen LogP contribution in [0.25, 0.3) is 0 Å². The molecule has 2 rings (SSSR count). The molecular formula is C9H7Cl2NO2. The summed E-state index contributed by atoms with van der Waals surface area (Å²) in [6.07, 6.45) is 2.53. The zero-order valence-corrected chi connectivity index (χ0v) is 8.65. The summed E-state index contributed by atoms with van der Waals surface area (Å²) in [5, 5.41) is -0.124. The lowest BCUT2D eigenvalue weighted by molar-refractivity contribution is -0.108. The van der Waals surface area contributed by atoms with E-state index in [0.29, 0.717) is 34.9 Å². The van der Waals surface area contributed by atoms with E-state index in [1.165, 1.54) is 6.26 Å². The second-order valence-electron chi connectivity index (χ2n) is 3.06. The fourth-order valence-electron chi connectivity index (χ4n) is 1.56. The summed E-state index contributed by atoms with van der Waals surface area (Å²) >= 11 is 11.2. The Morgan fingerprint density at radius 1 is 1.50 bits per heavy atom. The van der Waals surface area contributed by atoms with Crippen molar-refractivity contribution in [3.05, 3.63) is 33.9 Å². The molecule has 0 spiro atoms. The van der Waals surface area contributed by atoms with Crippen molar-refractivity contribution in [1.29, 1.82) is 0 Å². The number of fused-ring (bicyclic) bond motifs is 1. The first-order valence-electron chi connectivity index (χ1n) is 4.06. The molecule has 3 nitrogen and oxygen atoms in total. The van der Waals surface area contributed by atoms with Gasteiger partial charge in [0.1, 0.15) is 12.0 Å². The maximum atomic E-state index is 11.0. The average Bonchev–Trinajstić information content (AvgIpc) is 2.55. The molecule has 0 aromatic rings. The molecule has 0 amide bonds. The van der Waals surface area contributed by atoms with Crippen molar-refractivity contribution in [1.82, 2.24) is 0 Å². The van der Waals surface area contributed by atoms with Crippen LogP contribution in [0.5, 0.6) is 0 Å². The van der Waals surface area contributed by atoms with Crippen molar-refractivity contribution in [3.63, 3.8) is 0 Å². The number of ether oxygens (including phenoxy) is 1. The van der Waals surface area contributed by atoms with E-state index in [2.05, 4.69) is 0 Å². The summed E-state index contributed by atoms with van der Waals surface area (Å²) in [5.41, 5.74) is 7.47. The molecule has 0 atom stereocenters. The zero-order valence-electron chi connectivity index (χ0n) is 7.14. The summed E-state index contributed by atoms with van der Waals surface area (Å²) in [6, 6.07) is 0. The van der Waals surface area contributed by atoms with Crippen LogP contribution in [0, 0.1) is 0 Å². The smallest absolute Gasteiger partial charge is 0.252 e. The standard InChI is InChI=1S/C9H7Cl2NO2/c10-6-3-14-8-4(7(6)12)1-2-5(8)9(11)13/h3H,1-2,12H2. The summed E-state index contributed by atoms with van der Waals surface area (Å²) < 4.78 is 5.20. The Morgan fingerprint density at radius 3 is 2.86 bits per heavy atom. The van der Waals surface area contributed by atoms with Gasteiger partial charge in [0, 0.05) is 5.57 Å². The van der Waals surface area contributed by atoms with E-state index in [1.807, 2.05) is 0 Å². The van der Waals surface area contributed by atoms with Gasteiger partial charge >= 0.3 is 0 Å². The van der Waals surface area contributed by atoms with Gasteiger partial charge in [0.05, 0.1) is 16.3 Å². The van der Waals surface area contributed by atoms with Gasteiger partial charge < -0.3 is 10.5 Å². The van der Waals surface area contributed by atoms with E-state index < -0.39 is 5.24 Å². The first-order chi connectivity index (χ1) is 6.61. The second kappa shape index (κ2) is 3.33. The van der Waals surface area contributed by atoms with Gasteiger partial charge in [-0.2, -0.15) is 0 Å². The molecule has 0 unspecified atom stereocenters. The molecule has 0 bridgehead atoms. The predicted molar refractivity (Wildman–Crippen MR) is 53.4 cm³/mol. The average molecular weight is 232 g/mol. The quantitative estimate of drug-likeness (QED) is 0.704. The van der Waals surface area contributed by atoms with Gasteiger partial charge in [0.2, 0.25) is 0 Å². The fraction of sp³-hybridized carbons (Fsp3) is 0.222. The summed E-state index contributed by atoms with van der Waals surface area (Å²) in [4.78, 5) is 11.0. The Labute approximate surface area is 90.8 Å². The lowest BCUT2D eigenvalue weighted by Gasteiger charge is -2.14. The summed E-state index contributed by atoms with van der Waals surface area (Å²) in [7, 11) is 0. The van der Waals surface area contributed by atoms with E-state index in [4.69, 9.17) is 33.7 Å². The van der Waals surface area contributed by atoms with Crippen LogP contribution in [0.3, 0.4) is 0 Å². The highest BCUT2D eigenvalue weighted by Crippen LogP contribution is 2.39. The molecule has 74 valence electrons. The number of carbonyl (C=O) groups excluding carboxylic acids is 1. The Kier molecular flexibility index (Phi) is 2.29. The molecule has 0 radical (unpaired) electrons. The van der Waals surface area contributed by atoms with Crippen LogP contribution in [0.15, 0.2) is 33.9 Å². The van der Waals surface area contributed by atoms with Crippen molar-refractivity contribution in [3.8, 4) is 0 Å². The Balaban J connectivity index is 2.50. The van der Waals surface area contributed by atoms with Crippen LogP contribution in [0.1, 0.15) is 12.8 Å². The molecule has 0 saturated carbocycles. The van der Waals surface area contributed by atoms with E-state index >= 15 is 0 Å². The van der Waals surface area contributed by atoms with E-state index in [1.54, 1.807) is 0 Å². The van der Waals surface area contributed by atoms with Crippen LogP contribution in [0.2, 0.25) is 0 Å². The molecule has 1 aliphatic heterocycles. The number of hydrogen-bond donors (Lipinski definition) is 1. The maximum absolute atomic E-state index is 11.0. The van der Waals surface area contributed by atoms with Crippen molar-refractivity contribution >= 4 is 28.4 Å². The molecular weight excluding hydrogens is 225 g/mol. The van der Waals surface area contributed by atoms with Gasteiger partial charge in [0.25, 0.3) is 5.24 Å². The third-order valence-corrected chi connectivity index (χ3v) is 2.79. The van der Waals surface area contributed by atoms with Crippen molar-refractivity contribution < 1.29 is 9.53 Å². The number of nitrogens with two attached hydrogens (primary N) is 1. The molecule has 1 heterocycles. The van der Waals surface area contributed by atoms with Gasteiger partial charge in [-0.25, -0.2) is 0 Å². The first kappa shape index (κ1) is 9.62. The molecule has 0 aromatic carbocycles. The molecule has 0 fully saturated rings. The van der Waals surface area contributed by atoms with E-state index in [0.717, 1.165) is 5.57 Å². The highest BCUT2D eigenvalue weighted by atomic mass is 35.5. The van der Waals surface area contributed by atoms with Crippen LogP contribution in [-0.4, -0.2) is 5.24 Å². The number of hydrogen-bond acceptors (Lipinski definition) is 3. The lowest BCUT2D eigenvalue weighted by Crippen LogP contribution is -2.09. The second-order valence-corrected chi connectivity index (χ2v) is 3.81. The minimum atomic E-state index is -0.491. The number of carbonyl (C=O) groups is 1. The van der Waals surface area contributed by atoms with Crippen LogP contribution >= 0.6 is 23.2 Å². The van der Waals surface area contributed by atoms with Gasteiger partial charge in [-0.1, -0.05) is 11.6 Å². The van der Waals surface area contributed by atoms with Gasteiger partial charge in [0.15, 0.2) is 0 Å². The minimum Gasteiger partial charge on any atom is -0.463 e. The topological polar surface area (TPSA) is 52.3 Å². The van der Waals surface area contributed by atoms with Crippen molar-refractivity contribution in [2.45, 2.75) is 12.8 Å². The summed E-state index contributed by atoms with van der Waals surface area (Å²) in [6.45, 7) is 0. The Bertz CT molecular complexity index is 407. The van der Waals surface area contributed by atoms with Gasteiger partial charge in [-0.15, -0.1) is 0 Å². The van der Waals surface area contributed by atoms with Crippen molar-refractivity contribution in [2.75, 3.05) is 0 Å². The molecule has 14 heavy (non-hydrogen) atoms. The van der Waals surface area contributed by atoms with Crippen LogP contribution in [0.4, 0.5) is 0 Å². The normalized spacial score (nSPS) is 20.6. The first-order valence-corrected chi connectivity index (χ1v) is 4.81. The van der Waals surface area contributed by atoms with E-state index in [-0.39, 0.29) is 0 Å². The minimum absolute atomic E-state index is 0.368. The molecule has 5 heteroatoms. The number of allylic oxidation sites excluding steroid dienone is 3. The number of halogens is 2. The molecule has 0 aromatic heterocycles. The number of rotatable bonds is 1. The predicted octanol–water partition coefficient (Wildman–Crippen LogP) is 2.12. The van der Waals surface area contributed by atoms with Crippen LogP contribution in [-0.2, 0) is 9.53 Å². The SMILES string of the molecule is NC1=C2CCC(C(=O)Cl)=C2OC=C1Cl. The summed E-state index contributed by atoms with van der Waals surface area (Å²) in [5.74, 6) is 0.479. The van der Waals surface area contributed by atoms with Crippen LogP contribution < -0.4 is 5.73 Å². The third-order valence-electron chi connectivity index (χ3n) is 2.27. The Morgan fingerprint density at radius 2 is 2.21 bits per heavy atom. The maximum Gasteiger partial charge on any atom is 0.252 e. The Hall–Kier alpha value is -0.930. The lowest BCUT2D eigenvalue weighted by atomic mass is 10.1. The van der Waals surface area contributed by atoms with Gasteiger partial charge in [-0.3, -0.25) is 4.79 Å². The molecule has 2 aliphatic rings. The largest absolute Gasteiger partial charge is 0.463 e. The highest BCUT2D eigenvalue weighted by Gasteiger charge is 2.30. The zero-order chi connectivity index (χ0) is 10.3. The monoisotopic (exact) mass is 231 g/mol. The molecule has 0 saturated heterocycles. The van der Waals surface area contributed by atoms with Gasteiger partial charge in [-0.05, 0) is 24.4 Å².